The number of thiazole rings is 1. The highest BCUT2D eigenvalue weighted by Crippen LogP contribution is 2.25. The van der Waals surface area contributed by atoms with Crippen LogP contribution in [0.4, 0.5) is 0 Å². The maximum Gasteiger partial charge on any atom is 0.294 e. The van der Waals surface area contributed by atoms with Crippen LogP contribution in [0.5, 0.6) is 0 Å². The zero-order valence-electron chi connectivity index (χ0n) is 13.6. The molecule has 0 saturated carbocycles. The van der Waals surface area contributed by atoms with Gasteiger partial charge in [-0.1, -0.05) is 35.9 Å². The van der Waals surface area contributed by atoms with Crippen LogP contribution in [0.3, 0.4) is 0 Å². The van der Waals surface area contributed by atoms with Gasteiger partial charge in [0.2, 0.25) is 10.0 Å². The first-order chi connectivity index (χ1) is 12.1. The Morgan fingerprint density at radius 3 is 2.12 bits per heavy atom. The van der Waals surface area contributed by atoms with Gasteiger partial charge >= 0.3 is 0 Å². The molecule has 0 aliphatic rings. The maximum absolute atomic E-state index is 11.3. The zero-order chi connectivity index (χ0) is 19.4. The second kappa shape index (κ2) is 8.06. The molecule has 0 atom stereocenters. The average molecular weight is 413 g/mol. The van der Waals surface area contributed by atoms with Gasteiger partial charge in [0, 0.05) is 10.9 Å². The molecule has 0 radical (unpaired) electrons. The standard InChI is InChI=1S/C9H8N2O2S2.C7H8O3S/c10-15(12,13)9-4-2-1-3-7(9)8-5-14-6-11-8;1-6-2-4-7(5-3-6)11(8,9)10/h1-6H,(H2,10,12,13);2-5H,1H3,(H,8,9,10). The van der Waals surface area contributed by atoms with Crippen molar-refractivity contribution in [1.82, 2.24) is 4.98 Å². The summed E-state index contributed by atoms with van der Waals surface area (Å²) in [7, 11) is -7.71. The van der Waals surface area contributed by atoms with E-state index in [1.807, 2.05) is 6.92 Å². The monoisotopic (exact) mass is 412 g/mol. The number of rotatable bonds is 3. The Labute approximate surface area is 156 Å². The van der Waals surface area contributed by atoms with Crippen molar-refractivity contribution in [2.75, 3.05) is 0 Å². The van der Waals surface area contributed by atoms with Crippen LogP contribution in [0, 0.1) is 6.92 Å². The van der Waals surface area contributed by atoms with Gasteiger partial charge in [-0.3, -0.25) is 4.55 Å². The van der Waals surface area contributed by atoms with Gasteiger partial charge in [-0.15, -0.1) is 11.3 Å². The van der Waals surface area contributed by atoms with E-state index in [2.05, 4.69) is 4.98 Å². The molecule has 3 rings (SSSR count). The maximum atomic E-state index is 11.3. The third-order valence-corrected chi connectivity index (χ3v) is 5.64. The number of hydrogen-bond acceptors (Lipinski definition) is 6. The van der Waals surface area contributed by atoms with Crippen molar-refractivity contribution in [3.05, 3.63) is 65.0 Å². The molecule has 1 heterocycles. The molecule has 3 aromatic rings. The molecule has 2 aromatic carbocycles. The van der Waals surface area contributed by atoms with Crippen LogP contribution in [0.15, 0.2) is 69.2 Å². The molecular formula is C16H16N2O5S3. The molecule has 0 fully saturated rings. The van der Waals surface area contributed by atoms with Crippen LogP contribution in [0.1, 0.15) is 5.56 Å². The van der Waals surface area contributed by atoms with Crippen molar-refractivity contribution in [3.63, 3.8) is 0 Å². The predicted molar refractivity (Wildman–Crippen MR) is 99.9 cm³/mol. The van der Waals surface area contributed by atoms with E-state index in [1.54, 1.807) is 41.2 Å². The Hall–Kier alpha value is -2.11. The molecule has 1 aromatic heterocycles. The molecule has 0 amide bonds. The van der Waals surface area contributed by atoms with Gasteiger partial charge in [0.05, 0.1) is 21.0 Å². The molecule has 138 valence electrons. The van der Waals surface area contributed by atoms with Crippen LogP contribution in [-0.2, 0) is 20.1 Å². The first kappa shape index (κ1) is 20.2. The molecular weight excluding hydrogens is 396 g/mol. The second-order valence-corrected chi connectivity index (χ2v) is 8.87. The van der Waals surface area contributed by atoms with Crippen molar-refractivity contribution in [2.45, 2.75) is 16.7 Å². The minimum atomic E-state index is -4.02. The predicted octanol–water partition coefficient (Wildman–Crippen LogP) is 2.70. The van der Waals surface area contributed by atoms with E-state index in [-0.39, 0.29) is 9.79 Å². The summed E-state index contributed by atoms with van der Waals surface area (Å²) in [6.07, 6.45) is 0. The van der Waals surface area contributed by atoms with E-state index in [9.17, 15) is 16.8 Å². The quantitative estimate of drug-likeness (QED) is 0.637. The van der Waals surface area contributed by atoms with Gasteiger partial charge in [0.15, 0.2) is 0 Å². The smallest absolute Gasteiger partial charge is 0.282 e. The van der Waals surface area contributed by atoms with E-state index in [0.29, 0.717) is 11.3 Å². The van der Waals surface area contributed by atoms with Crippen molar-refractivity contribution >= 4 is 31.5 Å². The lowest BCUT2D eigenvalue weighted by atomic mass is 10.2. The van der Waals surface area contributed by atoms with Gasteiger partial charge in [-0.25, -0.2) is 18.5 Å². The highest BCUT2D eigenvalue weighted by atomic mass is 32.2. The number of aryl methyl sites for hydroxylation is 1. The second-order valence-electron chi connectivity index (χ2n) is 5.20. The van der Waals surface area contributed by atoms with Crippen molar-refractivity contribution in [3.8, 4) is 11.3 Å². The first-order valence-electron chi connectivity index (χ1n) is 7.13. The lowest BCUT2D eigenvalue weighted by Gasteiger charge is -2.03. The number of hydrogen-bond donors (Lipinski definition) is 2. The number of aromatic nitrogens is 1. The lowest BCUT2D eigenvalue weighted by molar-refractivity contribution is 0.483. The Morgan fingerprint density at radius 1 is 1.00 bits per heavy atom. The van der Waals surface area contributed by atoms with Crippen LogP contribution < -0.4 is 5.14 Å². The summed E-state index contributed by atoms with van der Waals surface area (Å²) >= 11 is 1.41. The molecule has 26 heavy (non-hydrogen) atoms. The fourth-order valence-electron chi connectivity index (χ4n) is 1.98. The Balaban J connectivity index is 0.000000197. The molecule has 0 spiro atoms. The number of nitrogens with zero attached hydrogens (tertiary/aromatic N) is 1. The van der Waals surface area contributed by atoms with E-state index < -0.39 is 20.1 Å². The van der Waals surface area contributed by atoms with Gasteiger partial charge < -0.3 is 0 Å². The highest BCUT2D eigenvalue weighted by Gasteiger charge is 2.15. The average Bonchev–Trinajstić information content (AvgIpc) is 3.08. The Bertz CT molecular complexity index is 1080. The summed E-state index contributed by atoms with van der Waals surface area (Å²) < 4.78 is 52.2. The van der Waals surface area contributed by atoms with Crippen LogP contribution in [0.25, 0.3) is 11.3 Å². The third-order valence-electron chi connectivity index (χ3n) is 3.22. The fourth-order valence-corrected chi connectivity index (χ4v) is 3.76. The van der Waals surface area contributed by atoms with Crippen LogP contribution >= 0.6 is 11.3 Å². The largest absolute Gasteiger partial charge is 0.294 e. The number of nitrogens with two attached hydrogens (primary N) is 1. The summed E-state index contributed by atoms with van der Waals surface area (Å²) in [6.45, 7) is 1.84. The molecule has 0 aliphatic carbocycles. The number of sulfonamides is 1. The molecule has 0 saturated heterocycles. The summed E-state index contributed by atoms with van der Waals surface area (Å²) in [5.74, 6) is 0. The van der Waals surface area contributed by atoms with E-state index in [4.69, 9.17) is 9.69 Å². The van der Waals surface area contributed by atoms with E-state index in [1.165, 1.54) is 29.5 Å². The zero-order valence-corrected chi connectivity index (χ0v) is 16.1. The normalized spacial score (nSPS) is 11.5. The molecule has 10 heteroatoms. The van der Waals surface area contributed by atoms with Gasteiger partial charge in [-0.2, -0.15) is 8.42 Å². The number of primary sulfonamides is 1. The molecule has 0 unspecified atom stereocenters. The van der Waals surface area contributed by atoms with Crippen molar-refractivity contribution in [2.24, 2.45) is 5.14 Å². The first-order valence-corrected chi connectivity index (χ1v) is 11.1. The van der Waals surface area contributed by atoms with Gasteiger partial charge in [0.25, 0.3) is 10.1 Å². The van der Waals surface area contributed by atoms with Gasteiger partial charge in [-0.05, 0) is 25.1 Å². The molecule has 0 aliphatic heterocycles. The van der Waals surface area contributed by atoms with Crippen LogP contribution in [0.2, 0.25) is 0 Å². The Morgan fingerprint density at radius 2 is 1.62 bits per heavy atom. The van der Waals surface area contributed by atoms with E-state index in [0.717, 1.165) is 5.56 Å². The summed E-state index contributed by atoms with van der Waals surface area (Å²) in [5, 5.41) is 6.89. The van der Waals surface area contributed by atoms with Crippen molar-refractivity contribution < 1.29 is 21.4 Å². The summed E-state index contributed by atoms with van der Waals surface area (Å²) in [6, 6.07) is 12.5. The summed E-state index contributed by atoms with van der Waals surface area (Å²) in [5.41, 5.74) is 3.78. The lowest BCUT2D eigenvalue weighted by Crippen LogP contribution is -2.13. The minimum Gasteiger partial charge on any atom is -0.282 e. The molecule has 0 bridgehead atoms. The fraction of sp³-hybridized carbons (Fsp3) is 0.0625. The van der Waals surface area contributed by atoms with Crippen LogP contribution in [-0.4, -0.2) is 26.4 Å². The topological polar surface area (TPSA) is 127 Å². The molecule has 7 nitrogen and oxygen atoms in total. The van der Waals surface area contributed by atoms with Crippen molar-refractivity contribution in [1.29, 1.82) is 0 Å². The highest BCUT2D eigenvalue weighted by molar-refractivity contribution is 7.89. The van der Waals surface area contributed by atoms with Gasteiger partial charge in [0.1, 0.15) is 0 Å². The Kier molecular flexibility index (Phi) is 6.26. The summed E-state index contributed by atoms with van der Waals surface area (Å²) in [4.78, 5) is 4.10. The molecule has 3 N–H and O–H groups in total. The minimum absolute atomic E-state index is 0.0666. The van der Waals surface area contributed by atoms with E-state index >= 15 is 0 Å². The SMILES string of the molecule is Cc1ccc(S(=O)(=O)O)cc1.NS(=O)(=O)c1ccccc1-c1cscn1. The third kappa shape index (κ3) is 5.44. The number of benzene rings is 2.